The Kier molecular flexibility index (Phi) is 4.67. The number of rotatable bonds is 6. The molecule has 3 aromatic rings. The van der Waals surface area contributed by atoms with Crippen LogP contribution in [-0.4, -0.2) is 55.2 Å². The Morgan fingerprint density at radius 3 is 2.48 bits per heavy atom. The Morgan fingerprint density at radius 1 is 1.10 bits per heavy atom. The van der Waals surface area contributed by atoms with E-state index < -0.39 is 5.97 Å². The highest BCUT2D eigenvalue weighted by molar-refractivity contribution is 6.21. The number of amides is 2. The quantitative estimate of drug-likeness (QED) is 0.336. The zero-order valence-corrected chi connectivity index (χ0v) is 15.6. The van der Waals surface area contributed by atoms with Crippen LogP contribution >= 0.6 is 0 Å². The second-order valence-electron chi connectivity index (χ2n) is 6.56. The minimum absolute atomic E-state index is 0.0174. The number of esters is 1. The van der Waals surface area contributed by atoms with Gasteiger partial charge in [-0.1, -0.05) is 12.1 Å². The molecular formula is C19H17N5O5. The summed E-state index contributed by atoms with van der Waals surface area (Å²) in [5.41, 5.74) is 0.811. The third-order valence-electron chi connectivity index (χ3n) is 4.68. The van der Waals surface area contributed by atoms with Gasteiger partial charge in [-0.2, -0.15) is 5.10 Å². The van der Waals surface area contributed by atoms with Gasteiger partial charge in [0.1, 0.15) is 18.3 Å². The summed E-state index contributed by atoms with van der Waals surface area (Å²) in [5, 5.41) is 4.28. The summed E-state index contributed by atoms with van der Waals surface area (Å²) in [4.78, 5) is 54.2. The van der Waals surface area contributed by atoms with Gasteiger partial charge in [0.05, 0.1) is 23.9 Å². The molecule has 0 radical (unpaired) electrons. The maximum atomic E-state index is 12.3. The number of aromatic nitrogens is 4. The Balaban J connectivity index is 1.30. The van der Waals surface area contributed by atoms with E-state index in [1.54, 1.807) is 31.3 Å². The Hall–Kier alpha value is -3.82. The number of hydrogen-bond acceptors (Lipinski definition) is 7. The van der Waals surface area contributed by atoms with Crippen molar-refractivity contribution in [2.45, 2.75) is 13.0 Å². The van der Waals surface area contributed by atoms with E-state index in [4.69, 9.17) is 4.74 Å². The van der Waals surface area contributed by atoms with Gasteiger partial charge in [0, 0.05) is 13.6 Å². The van der Waals surface area contributed by atoms with E-state index in [0.717, 1.165) is 9.47 Å². The number of aryl methyl sites for hydroxylation is 1. The summed E-state index contributed by atoms with van der Waals surface area (Å²) in [6.45, 7) is -0.129. The van der Waals surface area contributed by atoms with Gasteiger partial charge >= 0.3 is 5.97 Å². The fourth-order valence-electron chi connectivity index (χ4n) is 3.21. The summed E-state index contributed by atoms with van der Waals surface area (Å²) in [7, 11) is 1.67. The first kappa shape index (κ1) is 18.5. The lowest BCUT2D eigenvalue weighted by Crippen LogP contribution is -2.31. The van der Waals surface area contributed by atoms with Crippen molar-refractivity contribution in [3.05, 3.63) is 58.3 Å². The molecule has 0 saturated carbocycles. The summed E-state index contributed by atoms with van der Waals surface area (Å²) < 4.78 is 7.75. The highest BCUT2D eigenvalue weighted by atomic mass is 16.5. The third kappa shape index (κ3) is 3.28. The predicted octanol–water partition coefficient (Wildman–Crippen LogP) is 0.360. The molecular weight excluding hydrogens is 378 g/mol. The van der Waals surface area contributed by atoms with Gasteiger partial charge in [-0.15, -0.1) is 0 Å². The number of benzene rings is 1. The predicted molar refractivity (Wildman–Crippen MR) is 100 cm³/mol. The molecule has 0 aliphatic carbocycles. The van der Waals surface area contributed by atoms with Crippen LogP contribution in [0.2, 0.25) is 0 Å². The Bertz CT molecular complexity index is 1160. The smallest absolute Gasteiger partial charge is 0.326 e. The van der Waals surface area contributed by atoms with E-state index in [2.05, 4.69) is 10.1 Å². The molecule has 1 aliphatic heterocycles. The van der Waals surface area contributed by atoms with Crippen LogP contribution in [0.15, 0.2) is 41.6 Å². The van der Waals surface area contributed by atoms with Crippen molar-refractivity contribution in [1.82, 2.24) is 24.2 Å². The van der Waals surface area contributed by atoms with Crippen LogP contribution < -0.4 is 5.56 Å². The third-order valence-corrected chi connectivity index (χ3v) is 4.68. The van der Waals surface area contributed by atoms with Gasteiger partial charge in [0.2, 0.25) is 0 Å². The van der Waals surface area contributed by atoms with Gasteiger partial charge in [-0.05, 0) is 18.6 Å². The number of hydrogen-bond donors (Lipinski definition) is 0. The fraction of sp³-hybridized carbons (Fsp3) is 0.263. The second-order valence-corrected chi connectivity index (χ2v) is 6.56. The van der Waals surface area contributed by atoms with Gasteiger partial charge < -0.3 is 4.74 Å². The first-order chi connectivity index (χ1) is 14.0. The molecule has 0 spiro atoms. The minimum Gasteiger partial charge on any atom is -0.464 e. The molecule has 0 atom stereocenters. The van der Waals surface area contributed by atoms with E-state index in [9.17, 15) is 19.2 Å². The van der Waals surface area contributed by atoms with Gasteiger partial charge in [0.25, 0.3) is 17.4 Å². The summed E-state index contributed by atoms with van der Waals surface area (Å²) in [5.74, 6) is -1.31. The van der Waals surface area contributed by atoms with Crippen LogP contribution in [0, 0.1) is 0 Å². The number of ether oxygens (including phenoxy) is 1. The average Bonchev–Trinajstić information content (AvgIpc) is 3.21. The number of carbonyl (C=O) groups is 3. The van der Waals surface area contributed by atoms with Crippen molar-refractivity contribution >= 4 is 28.8 Å². The molecule has 0 bridgehead atoms. The average molecular weight is 395 g/mol. The van der Waals surface area contributed by atoms with Crippen LogP contribution in [0.1, 0.15) is 27.1 Å². The molecule has 2 amide bonds. The van der Waals surface area contributed by atoms with Gasteiger partial charge in [-0.25, -0.2) is 4.98 Å². The first-order valence-electron chi connectivity index (χ1n) is 8.95. The van der Waals surface area contributed by atoms with Crippen molar-refractivity contribution in [3.8, 4) is 0 Å². The van der Waals surface area contributed by atoms with E-state index in [1.165, 1.54) is 17.2 Å². The molecule has 0 saturated heterocycles. The van der Waals surface area contributed by atoms with E-state index >= 15 is 0 Å². The van der Waals surface area contributed by atoms with Crippen molar-refractivity contribution in [2.24, 2.45) is 7.05 Å². The zero-order chi connectivity index (χ0) is 20.5. The topological polar surface area (TPSA) is 116 Å². The van der Waals surface area contributed by atoms with Gasteiger partial charge in [-0.3, -0.25) is 33.3 Å². The Labute approximate surface area is 164 Å². The molecule has 0 unspecified atom stereocenters. The molecule has 4 rings (SSSR count). The largest absolute Gasteiger partial charge is 0.464 e. The molecule has 1 aliphatic rings. The molecule has 148 valence electrons. The SMILES string of the molecule is Cn1ncc2c(=O)n(CC(=O)OCCCN3C(=O)c4ccccc4C3=O)cnc21. The van der Waals surface area contributed by atoms with Crippen LogP contribution in [0.4, 0.5) is 0 Å². The van der Waals surface area contributed by atoms with E-state index in [1.807, 2.05) is 0 Å². The number of nitrogens with zero attached hydrogens (tertiary/aromatic N) is 5. The molecule has 0 fully saturated rings. The number of imide groups is 1. The summed E-state index contributed by atoms with van der Waals surface area (Å²) in [6.07, 6.45) is 2.97. The molecule has 1 aromatic carbocycles. The normalized spacial score (nSPS) is 13.2. The van der Waals surface area contributed by atoms with E-state index in [0.29, 0.717) is 28.6 Å². The lowest BCUT2D eigenvalue weighted by atomic mass is 10.1. The molecule has 0 N–H and O–H groups in total. The highest BCUT2D eigenvalue weighted by Gasteiger charge is 2.34. The van der Waals surface area contributed by atoms with Crippen molar-refractivity contribution in [1.29, 1.82) is 0 Å². The standard InChI is InChI=1S/C19H17N5O5/c1-22-16-14(9-21-22)17(26)23(11-20-16)10-15(25)29-8-4-7-24-18(27)12-5-2-3-6-13(12)19(24)28/h2-3,5-6,9,11H,4,7-8,10H2,1H3. The maximum absolute atomic E-state index is 12.3. The Morgan fingerprint density at radius 2 is 1.79 bits per heavy atom. The van der Waals surface area contributed by atoms with Gasteiger partial charge in [0.15, 0.2) is 5.65 Å². The zero-order valence-electron chi connectivity index (χ0n) is 15.6. The molecule has 10 nitrogen and oxygen atoms in total. The van der Waals surface area contributed by atoms with Crippen LogP contribution in [-0.2, 0) is 23.1 Å². The maximum Gasteiger partial charge on any atom is 0.326 e. The summed E-state index contributed by atoms with van der Waals surface area (Å²) in [6, 6.07) is 6.63. The molecule has 3 heterocycles. The lowest BCUT2D eigenvalue weighted by molar-refractivity contribution is -0.144. The van der Waals surface area contributed by atoms with E-state index in [-0.39, 0.29) is 37.1 Å². The molecule has 10 heteroatoms. The van der Waals surface area contributed by atoms with Crippen LogP contribution in [0.3, 0.4) is 0 Å². The minimum atomic E-state index is -0.612. The monoisotopic (exact) mass is 395 g/mol. The number of fused-ring (bicyclic) bond motifs is 2. The van der Waals surface area contributed by atoms with Crippen LogP contribution in [0.5, 0.6) is 0 Å². The number of carbonyl (C=O) groups excluding carboxylic acids is 3. The first-order valence-corrected chi connectivity index (χ1v) is 8.95. The van der Waals surface area contributed by atoms with Crippen molar-refractivity contribution < 1.29 is 19.1 Å². The molecule has 2 aromatic heterocycles. The van der Waals surface area contributed by atoms with Crippen LogP contribution in [0.25, 0.3) is 11.0 Å². The fourth-order valence-corrected chi connectivity index (χ4v) is 3.21. The lowest BCUT2D eigenvalue weighted by Gasteiger charge is -2.13. The molecule has 29 heavy (non-hydrogen) atoms. The van der Waals surface area contributed by atoms with Crippen molar-refractivity contribution in [3.63, 3.8) is 0 Å². The van der Waals surface area contributed by atoms with Crippen molar-refractivity contribution in [2.75, 3.05) is 13.2 Å². The summed E-state index contributed by atoms with van der Waals surface area (Å²) >= 11 is 0. The highest BCUT2D eigenvalue weighted by Crippen LogP contribution is 2.22. The second kappa shape index (κ2) is 7.30.